The highest BCUT2D eigenvalue weighted by Crippen LogP contribution is 2.20. The summed E-state index contributed by atoms with van der Waals surface area (Å²) >= 11 is 3.57. The van der Waals surface area contributed by atoms with Crippen molar-refractivity contribution >= 4 is 15.9 Å². The average molecular weight is 342 g/mol. The molecule has 0 aliphatic heterocycles. The first kappa shape index (κ1) is 15.2. The van der Waals surface area contributed by atoms with Crippen molar-refractivity contribution in [3.05, 3.63) is 33.8 Å². The van der Waals surface area contributed by atoms with Crippen LogP contribution in [0.15, 0.2) is 16.7 Å². The third-order valence-electron chi connectivity index (χ3n) is 3.06. The van der Waals surface area contributed by atoms with Gasteiger partial charge in [-0.15, -0.1) is 0 Å². The van der Waals surface area contributed by atoms with Crippen LogP contribution >= 0.6 is 15.9 Å². The number of aromatic nitrogens is 4. The number of methoxy groups -OCH3 is 1. The summed E-state index contributed by atoms with van der Waals surface area (Å²) in [4.78, 5) is 0. The zero-order valence-electron chi connectivity index (χ0n) is 12.1. The van der Waals surface area contributed by atoms with Gasteiger partial charge in [0.1, 0.15) is 0 Å². The fourth-order valence-corrected chi connectivity index (χ4v) is 2.44. The number of hydrogen-bond donors (Lipinski definition) is 1. The van der Waals surface area contributed by atoms with Crippen molar-refractivity contribution < 1.29 is 4.74 Å². The molecule has 0 saturated carbocycles. The van der Waals surface area contributed by atoms with Crippen molar-refractivity contribution in [3.63, 3.8) is 0 Å². The van der Waals surface area contributed by atoms with Gasteiger partial charge in [-0.05, 0) is 28.9 Å². The highest BCUT2D eigenvalue weighted by atomic mass is 79.9. The average Bonchev–Trinajstić information content (AvgIpc) is 2.96. The number of ether oxygens (including phenoxy) is 1. The van der Waals surface area contributed by atoms with Gasteiger partial charge in [0.15, 0.2) is 0 Å². The third kappa shape index (κ3) is 3.68. The normalized spacial score (nSPS) is 11.2. The van der Waals surface area contributed by atoms with Crippen LogP contribution in [-0.4, -0.2) is 39.8 Å². The van der Waals surface area contributed by atoms with Crippen LogP contribution in [0.5, 0.6) is 0 Å². The van der Waals surface area contributed by atoms with Crippen LogP contribution in [-0.2, 0) is 24.9 Å². The predicted octanol–water partition coefficient (Wildman–Crippen LogP) is 1.47. The summed E-state index contributed by atoms with van der Waals surface area (Å²) in [6.45, 7) is 4.98. The molecule has 2 heterocycles. The van der Waals surface area contributed by atoms with Gasteiger partial charge < -0.3 is 10.1 Å². The summed E-state index contributed by atoms with van der Waals surface area (Å²) in [7, 11) is 3.65. The standard InChI is InChI=1S/C13H20BrN5O/c1-10-13(14)12(18(2)16-10)9-19-6-4-11(17-19)8-15-5-7-20-3/h4,6,15H,5,7-9H2,1-3H3. The molecule has 0 aromatic carbocycles. The van der Waals surface area contributed by atoms with Gasteiger partial charge in [0, 0.05) is 33.4 Å². The molecule has 2 aromatic rings. The van der Waals surface area contributed by atoms with Crippen molar-refractivity contribution in [2.45, 2.75) is 20.0 Å². The largest absolute Gasteiger partial charge is 0.383 e. The fourth-order valence-electron chi connectivity index (χ4n) is 1.98. The second-order valence-electron chi connectivity index (χ2n) is 4.64. The van der Waals surface area contributed by atoms with Gasteiger partial charge >= 0.3 is 0 Å². The fraction of sp³-hybridized carbons (Fsp3) is 0.538. The third-order valence-corrected chi connectivity index (χ3v) is 4.09. The first-order chi connectivity index (χ1) is 9.61. The maximum Gasteiger partial charge on any atom is 0.0839 e. The Morgan fingerprint density at radius 3 is 2.85 bits per heavy atom. The van der Waals surface area contributed by atoms with Gasteiger partial charge in [0.2, 0.25) is 0 Å². The van der Waals surface area contributed by atoms with E-state index in [1.807, 2.05) is 35.6 Å². The second kappa shape index (κ2) is 7.01. The first-order valence-corrected chi connectivity index (χ1v) is 7.31. The molecule has 0 aliphatic rings. The van der Waals surface area contributed by atoms with E-state index in [-0.39, 0.29) is 0 Å². The number of nitrogens with zero attached hydrogens (tertiary/aromatic N) is 4. The van der Waals surface area contributed by atoms with Crippen LogP contribution in [0.1, 0.15) is 17.1 Å². The van der Waals surface area contributed by atoms with Gasteiger partial charge in [-0.1, -0.05) is 0 Å². The maximum absolute atomic E-state index is 4.99. The maximum atomic E-state index is 4.99. The summed E-state index contributed by atoms with van der Waals surface area (Å²) in [5.41, 5.74) is 3.14. The van der Waals surface area contributed by atoms with Crippen LogP contribution in [0.2, 0.25) is 0 Å². The molecule has 0 bridgehead atoms. The lowest BCUT2D eigenvalue weighted by Gasteiger charge is -2.04. The lowest BCUT2D eigenvalue weighted by atomic mass is 10.3. The molecule has 20 heavy (non-hydrogen) atoms. The minimum Gasteiger partial charge on any atom is -0.383 e. The Morgan fingerprint density at radius 1 is 1.40 bits per heavy atom. The van der Waals surface area contributed by atoms with Crippen molar-refractivity contribution in [2.24, 2.45) is 7.05 Å². The Bertz CT molecular complexity index is 563. The monoisotopic (exact) mass is 341 g/mol. The zero-order valence-corrected chi connectivity index (χ0v) is 13.6. The molecule has 0 fully saturated rings. The SMILES string of the molecule is COCCNCc1ccn(Cc2c(Br)c(C)nn2C)n1. The molecule has 6 nitrogen and oxygen atoms in total. The Labute approximate surface area is 127 Å². The molecule has 0 radical (unpaired) electrons. The van der Waals surface area contributed by atoms with Crippen molar-refractivity contribution in [2.75, 3.05) is 20.3 Å². The van der Waals surface area contributed by atoms with Gasteiger partial charge in [-0.3, -0.25) is 9.36 Å². The molecule has 2 aromatic heterocycles. The Hall–Kier alpha value is -1.18. The first-order valence-electron chi connectivity index (χ1n) is 6.51. The molecule has 7 heteroatoms. The van der Waals surface area contributed by atoms with E-state index in [4.69, 9.17) is 4.74 Å². The quantitative estimate of drug-likeness (QED) is 0.775. The van der Waals surface area contributed by atoms with E-state index in [1.54, 1.807) is 7.11 Å². The van der Waals surface area contributed by atoms with Crippen molar-refractivity contribution in [3.8, 4) is 0 Å². The van der Waals surface area contributed by atoms with Crippen LogP contribution in [0, 0.1) is 6.92 Å². The molecule has 0 atom stereocenters. The molecule has 0 saturated heterocycles. The molecule has 2 rings (SSSR count). The molecular formula is C13H20BrN5O. The number of aryl methyl sites for hydroxylation is 2. The number of rotatable bonds is 7. The van der Waals surface area contributed by atoms with E-state index in [0.29, 0.717) is 13.2 Å². The second-order valence-corrected chi connectivity index (χ2v) is 5.44. The minimum absolute atomic E-state index is 0.704. The van der Waals surface area contributed by atoms with E-state index >= 15 is 0 Å². The van der Waals surface area contributed by atoms with Crippen LogP contribution in [0.25, 0.3) is 0 Å². The number of hydrogen-bond acceptors (Lipinski definition) is 4. The topological polar surface area (TPSA) is 56.9 Å². The van der Waals surface area contributed by atoms with Gasteiger partial charge in [0.05, 0.1) is 34.7 Å². The molecule has 0 aliphatic carbocycles. The van der Waals surface area contributed by atoms with Crippen LogP contribution < -0.4 is 5.32 Å². The van der Waals surface area contributed by atoms with Gasteiger partial charge in [-0.2, -0.15) is 10.2 Å². The van der Waals surface area contributed by atoms with Gasteiger partial charge in [0.25, 0.3) is 0 Å². The summed E-state index contributed by atoms with van der Waals surface area (Å²) < 4.78 is 9.85. The van der Waals surface area contributed by atoms with Crippen molar-refractivity contribution in [1.29, 1.82) is 0 Å². The summed E-state index contributed by atoms with van der Waals surface area (Å²) in [6, 6.07) is 2.02. The smallest absolute Gasteiger partial charge is 0.0839 e. The Balaban J connectivity index is 1.95. The van der Waals surface area contributed by atoms with E-state index in [2.05, 4.69) is 31.4 Å². The van der Waals surface area contributed by atoms with E-state index < -0.39 is 0 Å². The minimum atomic E-state index is 0.704. The number of nitrogens with one attached hydrogen (secondary N) is 1. The molecule has 110 valence electrons. The lowest BCUT2D eigenvalue weighted by molar-refractivity contribution is 0.199. The van der Waals surface area contributed by atoms with Crippen LogP contribution in [0.4, 0.5) is 0 Å². The lowest BCUT2D eigenvalue weighted by Crippen LogP contribution is -2.19. The molecule has 0 unspecified atom stereocenters. The predicted molar refractivity (Wildman–Crippen MR) is 80.6 cm³/mol. The molecule has 0 amide bonds. The molecule has 1 N–H and O–H groups in total. The zero-order chi connectivity index (χ0) is 14.5. The Kier molecular flexibility index (Phi) is 5.33. The van der Waals surface area contributed by atoms with E-state index in [1.165, 1.54) is 0 Å². The summed E-state index contributed by atoms with van der Waals surface area (Å²) in [5.74, 6) is 0. The highest BCUT2D eigenvalue weighted by Gasteiger charge is 2.11. The molecular weight excluding hydrogens is 322 g/mol. The van der Waals surface area contributed by atoms with Crippen molar-refractivity contribution in [1.82, 2.24) is 24.9 Å². The van der Waals surface area contributed by atoms with Gasteiger partial charge in [-0.25, -0.2) is 0 Å². The molecule has 0 spiro atoms. The summed E-state index contributed by atoms with van der Waals surface area (Å²) in [6.07, 6.45) is 1.99. The summed E-state index contributed by atoms with van der Waals surface area (Å²) in [5, 5.41) is 12.2. The van der Waals surface area contributed by atoms with Crippen LogP contribution in [0.3, 0.4) is 0 Å². The van der Waals surface area contributed by atoms with E-state index in [0.717, 1.165) is 34.6 Å². The number of halogens is 1. The van der Waals surface area contributed by atoms with E-state index in [9.17, 15) is 0 Å². The highest BCUT2D eigenvalue weighted by molar-refractivity contribution is 9.10. The Morgan fingerprint density at radius 2 is 2.20 bits per heavy atom.